The van der Waals surface area contributed by atoms with Crippen molar-refractivity contribution in [2.45, 2.75) is 0 Å². The van der Waals surface area contributed by atoms with Crippen molar-refractivity contribution in [3.05, 3.63) is 60.2 Å². The molecule has 0 aliphatic heterocycles. The predicted octanol–water partition coefficient (Wildman–Crippen LogP) is 3.04. The van der Waals surface area contributed by atoms with Crippen LogP contribution in [-0.2, 0) is 0 Å². The topological polar surface area (TPSA) is 43.1 Å². The van der Waals surface area contributed by atoms with Gasteiger partial charge in [0.25, 0.3) is 0 Å². The van der Waals surface area contributed by atoms with Crippen molar-refractivity contribution in [1.29, 1.82) is 0 Å². The third-order valence-corrected chi connectivity index (χ3v) is 2.28. The minimum absolute atomic E-state index is 0.394. The molecule has 2 nitrogen and oxygen atoms in total. The van der Waals surface area contributed by atoms with Crippen LogP contribution in [0.2, 0.25) is 0 Å². The van der Waals surface area contributed by atoms with Gasteiger partial charge in [-0.3, -0.25) is 9.18 Å². The second kappa shape index (κ2) is 6.43. The number of benzene rings is 2. The van der Waals surface area contributed by atoms with Gasteiger partial charge in [0.2, 0.25) is 5.91 Å². The summed E-state index contributed by atoms with van der Waals surface area (Å²) >= 11 is 0. The molecule has 0 heterocycles. The van der Waals surface area contributed by atoms with Gasteiger partial charge in [0.1, 0.15) is 0 Å². The van der Waals surface area contributed by atoms with Gasteiger partial charge in [-0.15, -0.1) is 0 Å². The average molecular weight is 231 g/mol. The molecule has 1 amide bonds. The van der Waals surface area contributed by atoms with Gasteiger partial charge in [-0.1, -0.05) is 42.5 Å². The zero-order chi connectivity index (χ0) is 12.7. The Kier molecular flexibility index (Phi) is 4.88. The Labute approximate surface area is 99.9 Å². The fourth-order valence-electron chi connectivity index (χ4n) is 1.46. The lowest BCUT2D eigenvalue weighted by Gasteiger charge is -2.01. The molecule has 0 atom stereocenters. The van der Waals surface area contributed by atoms with Crippen LogP contribution in [0.25, 0.3) is 11.1 Å². The van der Waals surface area contributed by atoms with Crippen LogP contribution in [0.3, 0.4) is 0 Å². The summed E-state index contributed by atoms with van der Waals surface area (Å²) in [5.74, 6) is -0.394. The first-order chi connectivity index (χ1) is 8.27. The van der Waals surface area contributed by atoms with Crippen LogP contribution in [0, 0.1) is 0 Å². The van der Waals surface area contributed by atoms with Gasteiger partial charge >= 0.3 is 0 Å². The van der Waals surface area contributed by atoms with Gasteiger partial charge in [0, 0.05) is 5.56 Å². The molecule has 0 bridgehead atoms. The Morgan fingerprint density at radius 1 is 0.882 bits per heavy atom. The summed E-state index contributed by atoms with van der Waals surface area (Å²) < 4.78 is 9.50. The van der Waals surface area contributed by atoms with Gasteiger partial charge in [-0.05, 0) is 23.3 Å². The summed E-state index contributed by atoms with van der Waals surface area (Å²) in [7, 11) is 0.500. The van der Waals surface area contributed by atoms with Crippen molar-refractivity contribution in [2.75, 3.05) is 7.18 Å². The molecule has 0 saturated heterocycles. The van der Waals surface area contributed by atoms with Crippen LogP contribution in [0.4, 0.5) is 4.39 Å². The first-order valence-electron chi connectivity index (χ1n) is 5.10. The molecule has 88 valence electrons. The highest BCUT2D eigenvalue weighted by Gasteiger charge is 2.00. The van der Waals surface area contributed by atoms with Crippen LogP contribution >= 0.6 is 0 Å². The fraction of sp³-hybridized carbons (Fsp3) is 0.0714. The molecule has 0 spiro atoms. The minimum Gasteiger partial charge on any atom is -0.366 e. The molecule has 0 aliphatic carbocycles. The summed E-state index contributed by atoms with van der Waals surface area (Å²) in [5.41, 5.74) is 7.92. The highest BCUT2D eigenvalue weighted by Crippen LogP contribution is 2.18. The summed E-state index contributed by atoms with van der Waals surface area (Å²) in [6.07, 6.45) is 0. The Balaban J connectivity index is 0.000000686. The van der Waals surface area contributed by atoms with Crippen LogP contribution < -0.4 is 5.73 Å². The van der Waals surface area contributed by atoms with Crippen LogP contribution in [0.1, 0.15) is 10.4 Å². The largest absolute Gasteiger partial charge is 0.366 e. The summed E-state index contributed by atoms with van der Waals surface area (Å²) in [4.78, 5) is 10.9. The zero-order valence-electron chi connectivity index (χ0n) is 9.56. The molecule has 0 unspecified atom stereocenters. The van der Waals surface area contributed by atoms with Crippen LogP contribution in [0.15, 0.2) is 54.6 Å². The first-order valence-corrected chi connectivity index (χ1v) is 5.10. The van der Waals surface area contributed by atoms with Gasteiger partial charge in [0.05, 0.1) is 7.18 Å². The van der Waals surface area contributed by atoms with E-state index in [4.69, 9.17) is 5.73 Å². The molecular weight excluding hydrogens is 217 g/mol. The average Bonchev–Trinajstić information content (AvgIpc) is 2.42. The molecule has 0 aromatic heterocycles. The molecule has 0 saturated carbocycles. The maximum Gasteiger partial charge on any atom is 0.248 e. The smallest absolute Gasteiger partial charge is 0.248 e. The number of hydrogen-bond acceptors (Lipinski definition) is 1. The third-order valence-electron chi connectivity index (χ3n) is 2.28. The van der Waals surface area contributed by atoms with E-state index in [1.165, 1.54) is 0 Å². The van der Waals surface area contributed by atoms with Gasteiger partial charge in [-0.25, -0.2) is 0 Å². The van der Waals surface area contributed by atoms with E-state index in [-0.39, 0.29) is 0 Å². The number of halogens is 1. The number of hydrogen-bond donors (Lipinski definition) is 1. The van der Waals surface area contributed by atoms with E-state index in [0.29, 0.717) is 12.7 Å². The zero-order valence-corrected chi connectivity index (χ0v) is 9.56. The number of carbonyl (C=O) groups is 1. The van der Waals surface area contributed by atoms with Gasteiger partial charge in [-0.2, -0.15) is 0 Å². The van der Waals surface area contributed by atoms with Crippen molar-refractivity contribution in [2.24, 2.45) is 5.73 Å². The van der Waals surface area contributed by atoms with E-state index in [0.717, 1.165) is 11.1 Å². The maximum atomic E-state index is 10.9. The molecular formula is C14H14FNO. The summed E-state index contributed by atoms with van der Waals surface area (Å²) in [6.45, 7) is 0. The lowest BCUT2D eigenvalue weighted by atomic mass is 10.0. The SMILES string of the molecule is CF.NC(=O)c1ccc(-c2ccccc2)cc1. The summed E-state index contributed by atoms with van der Waals surface area (Å²) in [6, 6.07) is 17.3. The molecule has 2 N–H and O–H groups in total. The minimum atomic E-state index is -0.394. The van der Waals surface area contributed by atoms with E-state index >= 15 is 0 Å². The number of nitrogens with two attached hydrogens (primary N) is 1. The Hall–Kier alpha value is -2.16. The van der Waals surface area contributed by atoms with Crippen molar-refractivity contribution in [1.82, 2.24) is 0 Å². The lowest BCUT2D eigenvalue weighted by molar-refractivity contribution is 0.100. The highest BCUT2D eigenvalue weighted by molar-refractivity contribution is 5.93. The van der Waals surface area contributed by atoms with E-state index in [2.05, 4.69) is 0 Å². The molecule has 2 aromatic rings. The molecule has 0 radical (unpaired) electrons. The van der Waals surface area contributed by atoms with E-state index in [1.807, 2.05) is 42.5 Å². The second-order valence-electron chi connectivity index (χ2n) is 3.31. The van der Waals surface area contributed by atoms with Crippen molar-refractivity contribution < 1.29 is 9.18 Å². The predicted molar refractivity (Wildman–Crippen MR) is 67.4 cm³/mol. The van der Waals surface area contributed by atoms with Crippen molar-refractivity contribution in [3.8, 4) is 11.1 Å². The van der Waals surface area contributed by atoms with Crippen molar-refractivity contribution in [3.63, 3.8) is 0 Å². The fourth-order valence-corrected chi connectivity index (χ4v) is 1.46. The third kappa shape index (κ3) is 3.41. The lowest BCUT2D eigenvalue weighted by Crippen LogP contribution is -2.10. The Morgan fingerprint density at radius 2 is 1.35 bits per heavy atom. The monoisotopic (exact) mass is 231 g/mol. The van der Waals surface area contributed by atoms with E-state index in [1.54, 1.807) is 12.1 Å². The number of alkyl halides is 1. The van der Waals surface area contributed by atoms with Crippen LogP contribution in [-0.4, -0.2) is 13.1 Å². The Bertz CT molecular complexity index is 465. The number of primary amides is 1. The molecule has 3 heteroatoms. The number of carbonyl (C=O) groups excluding carboxylic acids is 1. The summed E-state index contributed by atoms with van der Waals surface area (Å²) in [5, 5.41) is 0. The highest BCUT2D eigenvalue weighted by atomic mass is 19.1. The molecule has 0 fully saturated rings. The molecule has 0 aliphatic rings. The van der Waals surface area contributed by atoms with Gasteiger partial charge in [0.15, 0.2) is 0 Å². The molecule has 2 aromatic carbocycles. The first kappa shape index (κ1) is 12.9. The maximum absolute atomic E-state index is 10.9. The quantitative estimate of drug-likeness (QED) is 0.848. The molecule has 17 heavy (non-hydrogen) atoms. The van der Waals surface area contributed by atoms with Gasteiger partial charge < -0.3 is 5.73 Å². The standard InChI is InChI=1S/C13H11NO.CH3F/c14-13(15)12-8-6-11(7-9-12)10-4-2-1-3-5-10;1-2/h1-9H,(H2,14,15);1H3. The second-order valence-corrected chi connectivity index (χ2v) is 3.31. The molecule has 2 rings (SSSR count). The van der Waals surface area contributed by atoms with Crippen molar-refractivity contribution >= 4 is 5.91 Å². The number of rotatable bonds is 2. The van der Waals surface area contributed by atoms with Crippen LogP contribution in [0.5, 0.6) is 0 Å². The normalized spacial score (nSPS) is 9.06. The number of amides is 1. The van der Waals surface area contributed by atoms with E-state index < -0.39 is 5.91 Å². The Morgan fingerprint density at radius 3 is 1.82 bits per heavy atom. The van der Waals surface area contributed by atoms with E-state index in [9.17, 15) is 9.18 Å².